The van der Waals surface area contributed by atoms with Crippen LogP contribution in [0.2, 0.25) is 0 Å². The number of rotatable bonds is 4. The van der Waals surface area contributed by atoms with Gasteiger partial charge in [-0.1, -0.05) is 133 Å². The molecule has 0 unspecified atom stereocenters. The minimum atomic E-state index is 0.648. The molecule has 0 radical (unpaired) electrons. The predicted molar refractivity (Wildman–Crippen MR) is 218 cm³/mol. The Balaban J connectivity index is 1.13. The third kappa shape index (κ3) is 4.43. The van der Waals surface area contributed by atoms with Crippen molar-refractivity contribution in [3.05, 3.63) is 170 Å². The van der Waals surface area contributed by atoms with Crippen molar-refractivity contribution in [3.63, 3.8) is 0 Å². The molecule has 242 valence electrons. The van der Waals surface area contributed by atoms with E-state index in [1.165, 1.54) is 47.8 Å². The second-order valence-electron chi connectivity index (χ2n) is 13.2. The number of nitrogens with zero attached hydrogens (tertiary/aromatic N) is 4. The molecule has 1 aliphatic heterocycles. The standard InChI is InChI=1S/C47H28N4S/c1-2-12-30(13-3-1)45-48-46(31-24-25-36-35-19-7-9-23-42(35)52-43(36)28-31)50-47(49-45)38-26-27-40(33-17-5-4-16-32(33)38)51-39-21-8-6-18-34(39)37-20-10-14-29-15-11-22-41(51)44(29)37/h1-28H. The molecule has 0 fully saturated rings. The molecule has 0 atom stereocenters. The van der Waals surface area contributed by atoms with Crippen molar-refractivity contribution < 1.29 is 0 Å². The summed E-state index contributed by atoms with van der Waals surface area (Å²) in [4.78, 5) is 17.9. The summed E-state index contributed by atoms with van der Waals surface area (Å²) in [6.45, 7) is 0. The Kier molecular flexibility index (Phi) is 6.39. The van der Waals surface area contributed by atoms with Crippen LogP contribution in [0, 0.1) is 0 Å². The van der Waals surface area contributed by atoms with Crippen LogP contribution in [0.1, 0.15) is 0 Å². The second kappa shape index (κ2) is 11.4. The van der Waals surface area contributed by atoms with Crippen LogP contribution in [0.4, 0.5) is 17.1 Å². The Morgan fingerprint density at radius 3 is 1.90 bits per heavy atom. The monoisotopic (exact) mass is 680 g/mol. The van der Waals surface area contributed by atoms with Gasteiger partial charge in [-0.3, -0.25) is 0 Å². The summed E-state index contributed by atoms with van der Waals surface area (Å²) in [5.74, 6) is 1.96. The first kappa shape index (κ1) is 29.1. The highest BCUT2D eigenvalue weighted by molar-refractivity contribution is 7.25. The molecule has 0 saturated heterocycles. The SMILES string of the molecule is c1ccc(-c2nc(-c3ccc4c(c3)sc3ccccc34)nc(-c3ccc(N4c5ccccc5-c5cccc6cccc4c56)c4ccccc34)n2)cc1. The van der Waals surface area contributed by atoms with Gasteiger partial charge in [-0.15, -0.1) is 11.3 Å². The fourth-order valence-corrected chi connectivity index (χ4v) is 9.04. The van der Waals surface area contributed by atoms with Crippen molar-refractivity contribution in [2.24, 2.45) is 0 Å². The largest absolute Gasteiger partial charge is 0.309 e. The third-order valence-electron chi connectivity index (χ3n) is 10.2. The molecule has 0 N–H and O–H groups in total. The number of fused-ring (bicyclic) bond motifs is 6. The van der Waals surface area contributed by atoms with Crippen molar-refractivity contribution in [3.8, 4) is 45.3 Å². The maximum absolute atomic E-state index is 5.22. The van der Waals surface area contributed by atoms with E-state index in [4.69, 9.17) is 15.0 Å². The summed E-state index contributed by atoms with van der Waals surface area (Å²) in [6.07, 6.45) is 0. The highest BCUT2D eigenvalue weighted by Gasteiger charge is 2.27. The number of benzene rings is 8. The van der Waals surface area contributed by atoms with Gasteiger partial charge in [0.05, 0.1) is 17.1 Å². The quantitative estimate of drug-likeness (QED) is 0.186. The van der Waals surface area contributed by atoms with Crippen LogP contribution in [0.5, 0.6) is 0 Å². The molecule has 4 nitrogen and oxygen atoms in total. The third-order valence-corrected chi connectivity index (χ3v) is 11.4. The molecular formula is C47H28N4S. The molecule has 52 heavy (non-hydrogen) atoms. The lowest BCUT2D eigenvalue weighted by Crippen LogP contribution is -2.15. The van der Waals surface area contributed by atoms with E-state index in [0.29, 0.717) is 17.5 Å². The first-order valence-corrected chi connectivity index (χ1v) is 18.3. The molecule has 5 heteroatoms. The molecule has 0 bridgehead atoms. The first-order valence-electron chi connectivity index (χ1n) is 17.5. The van der Waals surface area contributed by atoms with E-state index in [-0.39, 0.29) is 0 Å². The van der Waals surface area contributed by atoms with E-state index in [9.17, 15) is 0 Å². The lowest BCUT2D eigenvalue weighted by Gasteiger charge is -2.34. The van der Waals surface area contributed by atoms with Crippen molar-refractivity contribution in [2.45, 2.75) is 0 Å². The van der Waals surface area contributed by atoms with Gasteiger partial charge >= 0.3 is 0 Å². The summed E-state index contributed by atoms with van der Waals surface area (Å²) in [5, 5.41) is 7.23. The normalized spacial score (nSPS) is 12.2. The molecule has 0 aliphatic carbocycles. The number of para-hydroxylation sites is 1. The molecule has 1 aliphatic rings. The zero-order chi connectivity index (χ0) is 34.2. The summed E-state index contributed by atoms with van der Waals surface area (Å²) in [5.41, 5.74) is 8.83. The molecule has 11 rings (SSSR count). The molecule has 0 amide bonds. The number of aromatic nitrogens is 3. The minimum Gasteiger partial charge on any atom is -0.309 e. The molecular weight excluding hydrogens is 653 g/mol. The Bertz CT molecular complexity index is 3030. The van der Waals surface area contributed by atoms with E-state index in [2.05, 4.69) is 157 Å². The summed E-state index contributed by atoms with van der Waals surface area (Å²) < 4.78 is 2.49. The van der Waals surface area contributed by atoms with Crippen LogP contribution in [-0.4, -0.2) is 15.0 Å². The van der Waals surface area contributed by atoms with Gasteiger partial charge in [-0.2, -0.15) is 0 Å². The average Bonchev–Trinajstić information content (AvgIpc) is 3.59. The van der Waals surface area contributed by atoms with Crippen LogP contribution >= 0.6 is 11.3 Å². The zero-order valence-electron chi connectivity index (χ0n) is 27.9. The van der Waals surface area contributed by atoms with E-state index in [1.807, 2.05) is 18.2 Å². The van der Waals surface area contributed by atoms with Crippen LogP contribution in [0.25, 0.3) is 87.0 Å². The lowest BCUT2D eigenvalue weighted by molar-refractivity contribution is 1.08. The van der Waals surface area contributed by atoms with Gasteiger partial charge in [0.1, 0.15) is 0 Å². The Labute approximate surface area is 303 Å². The molecule has 8 aromatic carbocycles. The van der Waals surface area contributed by atoms with E-state index < -0.39 is 0 Å². The van der Waals surface area contributed by atoms with Gasteiger partial charge in [0.2, 0.25) is 0 Å². The number of anilines is 3. The van der Waals surface area contributed by atoms with Crippen molar-refractivity contribution >= 4 is 70.1 Å². The van der Waals surface area contributed by atoms with Gasteiger partial charge in [-0.05, 0) is 52.7 Å². The highest BCUT2D eigenvalue weighted by Crippen LogP contribution is 2.52. The Morgan fingerprint density at radius 1 is 0.365 bits per heavy atom. The Hall–Kier alpha value is -6.69. The van der Waals surface area contributed by atoms with Gasteiger partial charge < -0.3 is 4.90 Å². The maximum atomic E-state index is 5.22. The number of hydrogen-bond donors (Lipinski definition) is 0. The van der Waals surface area contributed by atoms with E-state index in [1.54, 1.807) is 11.3 Å². The maximum Gasteiger partial charge on any atom is 0.164 e. The fourth-order valence-electron chi connectivity index (χ4n) is 7.90. The zero-order valence-corrected chi connectivity index (χ0v) is 28.7. The fraction of sp³-hybridized carbons (Fsp3) is 0. The Morgan fingerprint density at radius 2 is 1.02 bits per heavy atom. The highest BCUT2D eigenvalue weighted by atomic mass is 32.1. The first-order chi connectivity index (χ1) is 25.8. The molecule has 0 spiro atoms. The van der Waals surface area contributed by atoms with Gasteiger partial charge in [-0.25, -0.2) is 15.0 Å². The molecule has 0 saturated carbocycles. The van der Waals surface area contributed by atoms with Crippen LogP contribution in [0.3, 0.4) is 0 Å². The van der Waals surface area contributed by atoms with E-state index in [0.717, 1.165) is 38.8 Å². The molecule has 3 heterocycles. The predicted octanol–water partition coefficient (Wildman–Crippen LogP) is 13.0. The molecule has 10 aromatic rings. The van der Waals surface area contributed by atoms with Crippen molar-refractivity contribution in [1.82, 2.24) is 15.0 Å². The summed E-state index contributed by atoms with van der Waals surface area (Å²) >= 11 is 1.80. The van der Waals surface area contributed by atoms with Crippen LogP contribution < -0.4 is 4.90 Å². The summed E-state index contributed by atoms with van der Waals surface area (Å²) in [6, 6.07) is 60.3. The van der Waals surface area contributed by atoms with E-state index >= 15 is 0 Å². The van der Waals surface area contributed by atoms with Crippen molar-refractivity contribution in [1.29, 1.82) is 0 Å². The smallest absolute Gasteiger partial charge is 0.164 e. The topological polar surface area (TPSA) is 41.9 Å². The average molecular weight is 681 g/mol. The van der Waals surface area contributed by atoms with Gasteiger partial charge in [0.15, 0.2) is 17.5 Å². The minimum absolute atomic E-state index is 0.648. The van der Waals surface area contributed by atoms with Crippen LogP contribution in [0.15, 0.2) is 170 Å². The number of thiophene rings is 1. The lowest BCUT2D eigenvalue weighted by atomic mass is 9.90. The van der Waals surface area contributed by atoms with Gasteiger partial charge in [0.25, 0.3) is 0 Å². The van der Waals surface area contributed by atoms with Crippen molar-refractivity contribution in [2.75, 3.05) is 4.90 Å². The van der Waals surface area contributed by atoms with Crippen LogP contribution in [-0.2, 0) is 0 Å². The summed E-state index contributed by atoms with van der Waals surface area (Å²) in [7, 11) is 0. The van der Waals surface area contributed by atoms with Gasteiger partial charge in [0, 0.05) is 53.2 Å². The molecule has 2 aromatic heterocycles. The second-order valence-corrected chi connectivity index (χ2v) is 14.3. The number of hydrogen-bond acceptors (Lipinski definition) is 5.